The Bertz CT molecular complexity index is 1250. The second-order valence-corrected chi connectivity index (χ2v) is 9.91. The third-order valence-electron chi connectivity index (χ3n) is 6.10. The molecular weight excluding hydrogens is 472 g/mol. The number of hydrogen-bond acceptors (Lipinski definition) is 9. The lowest BCUT2D eigenvalue weighted by molar-refractivity contribution is -0.141. The number of β-amino-alcohol motifs (C(OH)–C–C–N with tert-alkyl or cyclic N) is 1. The molecule has 1 aliphatic heterocycles. The van der Waals surface area contributed by atoms with E-state index in [1.807, 2.05) is 20.8 Å². The summed E-state index contributed by atoms with van der Waals surface area (Å²) >= 11 is 1.48. The lowest BCUT2D eigenvalue weighted by Crippen LogP contribution is -2.48. The first kappa shape index (κ1) is 24.7. The number of aryl methyl sites for hydroxylation is 1. The molecule has 3 aromatic rings. The third-order valence-corrected chi connectivity index (χ3v) is 7.05. The van der Waals surface area contributed by atoms with Crippen LogP contribution in [-0.4, -0.2) is 60.6 Å². The summed E-state index contributed by atoms with van der Waals surface area (Å²) in [5, 5.41) is 15.4. The number of nitrogens with zero attached hydrogens (tertiary/aromatic N) is 4. The molecule has 4 rings (SSSR count). The molecule has 4 atom stereocenters. The molecule has 0 aliphatic carbocycles. The molecule has 1 fully saturated rings. The highest BCUT2D eigenvalue weighted by atomic mass is 32.1. The molecule has 0 saturated carbocycles. The van der Waals surface area contributed by atoms with E-state index >= 15 is 0 Å². The van der Waals surface area contributed by atoms with Crippen molar-refractivity contribution in [1.82, 2.24) is 30.3 Å². The first-order valence-electron chi connectivity index (χ1n) is 11.4. The summed E-state index contributed by atoms with van der Waals surface area (Å²) < 4.78 is 5.19. The lowest BCUT2D eigenvalue weighted by Gasteiger charge is -2.29. The summed E-state index contributed by atoms with van der Waals surface area (Å²) in [6.07, 6.45) is 2.53. The van der Waals surface area contributed by atoms with Gasteiger partial charge in [0, 0.05) is 19.0 Å². The minimum absolute atomic E-state index is 0.0197. The van der Waals surface area contributed by atoms with Crippen molar-refractivity contribution in [3.8, 4) is 10.6 Å². The zero-order valence-corrected chi connectivity index (χ0v) is 20.7. The minimum Gasteiger partial charge on any atom is -0.391 e. The van der Waals surface area contributed by atoms with E-state index in [1.54, 1.807) is 24.8 Å². The zero-order valence-electron chi connectivity index (χ0n) is 19.9. The van der Waals surface area contributed by atoms with E-state index in [2.05, 4.69) is 25.4 Å². The zero-order chi connectivity index (χ0) is 25.3. The van der Waals surface area contributed by atoms with Gasteiger partial charge < -0.3 is 19.8 Å². The van der Waals surface area contributed by atoms with Crippen LogP contribution in [-0.2, 0) is 9.59 Å². The van der Waals surface area contributed by atoms with E-state index < -0.39 is 35.6 Å². The number of aromatic amines is 1. The number of aliphatic hydroxyl groups is 1. The van der Waals surface area contributed by atoms with Gasteiger partial charge in [-0.1, -0.05) is 13.8 Å². The molecular formula is C23H28N6O5S. The van der Waals surface area contributed by atoms with Crippen molar-refractivity contribution >= 4 is 23.2 Å². The number of aliphatic hydroxyl groups excluding tert-OH is 1. The van der Waals surface area contributed by atoms with Crippen molar-refractivity contribution in [2.75, 3.05) is 6.54 Å². The van der Waals surface area contributed by atoms with Gasteiger partial charge in [-0.3, -0.25) is 24.4 Å². The number of H-pyrrole nitrogens is 1. The molecule has 3 aromatic heterocycles. The van der Waals surface area contributed by atoms with E-state index in [9.17, 15) is 19.5 Å². The van der Waals surface area contributed by atoms with Crippen LogP contribution in [0.25, 0.3) is 10.6 Å². The fraction of sp³-hybridized carbons (Fsp3) is 0.478. The Morgan fingerprint density at radius 2 is 2.03 bits per heavy atom. The van der Waals surface area contributed by atoms with Gasteiger partial charge in [-0.25, -0.2) is 4.98 Å². The summed E-state index contributed by atoms with van der Waals surface area (Å²) in [5.41, 5.74) is 3.45. The van der Waals surface area contributed by atoms with Gasteiger partial charge in [-0.15, -0.1) is 11.3 Å². The van der Waals surface area contributed by atoms with Gasteiger partial charge in [-0.2, -0.15) is 5.16 Å². The van der Waals surface area contributed by atoms with Crippen molar-refractivity contribution in [2.24, 2.45) is 5.92 Å². The molecule has 0 bridgehead atoms. The fourth-order valence-corrected chi connectivity index (χ4v) is 5.05. The largest absolute Gasteiger partial charge is 0.391 e. The van der Waals surface area contributed by atoms with Crippen LogP contribution in [0.5, 0.6) is 0 Å². The molecule has 3 N–H and O–H groups in total. The number of thiazole rings is 1. The van der Waals surface area contributed by atoms with Crippen LogP contribution in [0.15, 0.2) is 33.3 Å². The molecule has 186 valence electrons. The number of nitrogens with one attached hydrogen (secondary N) is 2. The maximum Gasteiger partial charge on any atom is 0.280 e. The van der Waals surface area contributed by atoms with Gasteiger partial charge >= 0.3 is 0 Å². The summed E-state index contributed by atoms with van der Waals surface area (Å²) in [6, 6.07) is -0.0914. The topological polar surface area (TPSA) is 154 Å². The molecule has 0 radical (unpaired) electrons. The van der Waals surface area contributed by atoms with Crippen LogP contribution in [0.2, 0.25) is 0 Å². The Morgan fingerprint density at radius 1 is 1.26 bits per heavy atom. The van der Waals surface area contributed by atoms with Crippen LogP contribution in [0.4, 0.5) is 0 Å². The van der Waals surface area contributed by atoms with Crippen molar-refractivity contribution in [2.45, 2.75) is 58.2 Å². The Kier molecular flexibility index (Phi) is 7.13. The molecule has 1 aliphatic rings. The Balaban J connectivity index is 1.48. The second-order valence-electron chi connectivity index (χ2n) is 9.06. The van der Waals surface area contributed by atoms with Crippen LogP contribution < -0.4 is 10.9 Å². The SMILES string of the molecule is Cc1ncsc1-c1cnc([C@H](C)NC(=O)[C@@H]2C[C@@H](O)CN2C(=O)[C@H](c2cc(=O)[nH]o2)C(C)C)cn1. The summed E-state index contributed by atoms with van der Waals surface area (Å²) in [6.45, 7) is 7.36. The van der Waals surface area contributed by atoms with E-state index in [0.29, 0.717) is 11.4 Å². The van der Waals surface area contributed by atoms with Crippen molar-refractivity contribution in [3.05, 3.63) is 51.5 Å². The molecule has 0 spiro atoms. The molecule has 12 heteroatoms. The molecule has 4 heterocycles. The highest BCUT2D eigenvalue weighted by molar-refractivity contribution is 7.13. The number of amides is 2. The molecule has 35 heavy (non-hydrogen) atoms. The van der Waals surface area contributed by atoms with E-state index in [4.69, 9.17) is 4.52 Å². The standard InChI is InChI=1S/C23H28N6O5S/c1-11(2)20(18-6-19(31)28-34-18)23(33)29-9-14(30)5-17(29)22(32)27-12(3)15-7-25-16(8-24-15)21-13(4)26-10-35-21/h6-8,10-12,14,17,20,30H,5,9H2,1-4H3,(H,27,32)(H,28,31)/t12-,14+,17-,20-/m0/s1. The van der Waals surface area contributed by atoms with E-state index in [0.717, 1.165) is 10.6 Å². The van der Waals surface area contributed by atoms with Gasteiger partial charge in [0.05, 0.1) is 46.3 Å². The van der Waals surface area contributed by atoms with Crippen LogP contribution in [0.1, 0.15) is 56.3 Å². The maximum atomic E-state index is 13.4. The highest BCUT2D eigenvalue weighted by Crippen LogP contribution is 2.30. The highest BCUT2D eigenvalue weighted by Gasteiger charge is 2.43. The van der Waals surface area contributed by atoms with E-state index in [1.165, 1.54) is 22.3 Å². The number of carbonyl (C=O) groups excluding carboxylic acids is 2. The van der Waals surface area contributed by atoms with Crippen LogP contribution in [0.3, 0.4) is 0 Å². The fourth-order valence-electron chi connectivity index (χ4n) is 4.28. The maximum absolute atomic E-state index is 13.4. The van der Waals surface area contributed by atoms with Crippen molar-refractivity contribution in [1.29, 1.82) is 0 Å². The molecule has 0 unspecified atom stereocenters. The normalized spacial score (nSPS) is 19.7. The monoisotopic (exact) mass is 500 g/mol. The molecule has 2 amide bonds. The first-order chi connectivity index (χ1) is 16.7. The van der Waals surface area contributed by atoms with Gasteiger partial charge in [-0.05, 0) is 19.8 Å². The van der Waals surface area contributed by atoms with Gasteiger partial charge in [0.25, 0.3) is 5.56 Å². The van der Waals surface area contributed by atoms with E-state index in [-0.39, 0.29) is 30.6 Å². The average Bonchev–Trinajstić information content (AvgIpc) is 3.53. The van der Waals surface area contributed by atoms with Gasteiger partial charge in [0.15, 0.2) is 5.76 Å². The number of carbonyl (C=O) groups is 2. The van der Waals surface area contributed by atoms with Gasteiger partial charge in [0.2, 0.25) is 11.8 Å². The summed E-state index contributed by atoms with van der Waals surface area (Å²) in [7, 11) is 0. The smallest absolute Gasteiger partial charge is 0.280 e. The second kappa shape index (κ2) is 10.1. The molecule has 11 nitrogen and oxygen atoms in total. The summed E-state index contributed by atoms with van der Waals surface area (Å²) in [5.74, 6) is -1.53. The van der Waals surface area contributed by atoms with Crippen LogP contribution >= 0.6 is 11.3 Å². The predicted octanol–water partition coefficient (Wildman–Crippen LogP) is 1.77. The number of rotatable bonds is 7. The number of hydrogen-bond donors (Lipinski definition) is 3. The lowest BCUT2D eigenvalue weighted by atomic mass is 9.91. The predicted molar refractivity (Wildman–Crippen MR) is 127 cm³/mol. The summed E-state index contributed by atoms with van der Waals surface area (Å²) in [4.78, 5) is 53.6. The number of aromatic nitrogens is 4. The third kappa shape index (κ3) is 5.17. The number of likely N-dealkylation sites (tertiary alicyclic amines) is 1. The van der Waals surface area contributed by atoms with Crippen LogP contribution in [0, 0.1) is 12.8 Å². The quantitative estimate of drug-likeness (QED) is 0.443. The average molecular weight is 501 g/mol. The van der Waals surface area contributed by atoms with Crippen molar-refractivity contribution in [3.63, 3.8) is 0 Å². The molecule has 1 saturated heterocycles. The first-order valence-corrected chi connectivity index (χ1v) is 12.2. The molecule has 0 aromatic carbocycles. The van der Waals surface area contributed by atoms with Crippen molar-refractivity contribution < 1.29 is 19.2 Å². The Labute approximate surface area is 205 Å². The minimum atomic E-state index is -0.862. The Morgan fingerprint density at radius 3 is 2.60 bits per heavy atom. The van der Waals surface area contributed by atoms with Gasteiger partial charge in [0.1, 0.15) is 17.7 Å². The Hall–Kier alpha value is -3.38.